The molecule has 1 aromatic heterocycles. The monoisotopic (exact) mass is 345 g/mol. The standard InChI is InChI=1S/C15H12BrN3O2/c16-10-5-6-11(17-7-10)9-19-13-4-2-1-3-12(13)15(21)18-8-14(19)20/h1-7H,8-9H2,(H,18,21). The number of benzene rings is 1. The molecular formula is C15H12BrN3O2. The highest BCUT2D eigenvalue weighted by atomic mass is 79.9. The number of pyridine rings is 1. The zero-order chi connectivity index (χ0) is 14.8. The number of nitrogens with zero attached hydrogens (tertiary/aromatic N) is 2. The van der Waals surface area contributed by atoms with Gasteiger partial charge in [-0.25, -0.2) is 0 Å². The van der Waals surface area contributed by atoms with E-state index in [0.29, 0.717) is 17.8 Å². The van der Waals surface area contributed by atoms with Crippen molar-refractivity contribution in [1.82, 2.24) is 10.3 Å². The molecular weight excluding hydrogens is 334 g/mol. The molecule has 0 saturated carbocycles. The molecule has 106 valence electrons. The van der Waals surface area contributed by atoms with Crippen LogP contribution in [-0.4, -0.2) is 23.3 Å². The first-order valence-electron chi connectivity index (χ1n) is 6.43. The Labute approximate surface area is 130 Å². The minimum Gasteiger partial charge on any atom is -0.343 e. The first kappa shape index (κ1) is 13.8. The minimum absolute atomic E-state index is 0.00988. The molecule has 0 aliphatic carbocycles. The van der Waals surface area contributed by atoms with Gasteiger partial charge in [0.1, 0.15) is 0 Å². The lowest BCUT2D eigenvalue weighted by molar-refractivity contribution is -0.117. The summed E-state index contributed by atoms with van der Waals surface area (Å²) in [6.07, 6.45) is 1.69. The number of hydrogen-bond donors (Lipinski definition) is 1. The summed E-state index contributed by atoms with van der Waals surface area (Å²) in [6.45, 7) is 0.322. The van der Waals surface area contributed by atoms with E-state index in [1.165, 1.54) is 0 Å². The summed E-state index contributed by atoms with van der Waals surface area (Å²) in [7, 11) is 0. The van der Waals surface area contributed by atoms with Crippen LogP contribution in [0.1, 0.15) is 16.1 Å². The summed E-state index contributed by atoms with van der Waals surface area (Å²) in [5.74, 6) is -0.386. The van der Waals surface area contributed by atoms with Gasteiger partial charge < -0.3 is 10.2 Å². The molecule has 0 unspecified atom stereocenters. The Morgan fingerprint density at radius 2 is 2.00 bits per heavy atom. The Morgan fingerprint density at radius 1 is 1.19 bits per heavy atom. The molecule has 1 aliphatic heterocycles. The van der Waals surface area contributed by atoms with Gasteiger partial charge in [-0.3, -0.25) is 14.6 Å². The van der Waals surface area contributed by atoms with E-state index in [9.17, 15) is 9.59 Å². The molecule has 0 spiro atoms. The zero-order valence-electron chi connectivity index (χ0n) is 11.0. The molecule has 2 heterocycles. The first-order valence-corrected chi connectivity index (χ1v) is 7.22. The van der Waals surface area contributed by atoms with Crippen LogP contribution in [0.15, 0.2) is 47.1 Å². The molecule has 2 aromatic rings. The quantitative estimate of drug-likeness (QED) is 0.906. The van der Waals surface area contributed by atoms with Gasteiger partial charge in [0, 0.05) is 10.7 Å². The molecule has 0 atom stereocenters. The second-order valence-corrected chi connectivity index (χ2v) is 5.56. The van der Waals surface area contributed by atoms with E-state index in [1.54, 1.807) is 29.3 Å². The molecule has 6 heteroatoms. The maximum atomic E-state index is 12.3. The number of nitrogens with one attached hydrogen (secondary N) is 1. The fourth-order valence-electron chi connectivity index (χ4n) is 2.22. The molecule has 0 fully saturated rings. The Kier molecular flexibility index (Phi) is 3.70. The van der Waals surface area contributed by atoms with Crippen LogP contribution in [-0.2, 0) is 11.3 Å². The molecule has 1 N–H and O–H groups in total. The Bertz CT molecular complexity index is 700. The molecule has 5 nitrogen and oxygen atoms in total. The van der Waals surface area contributed by atoms with Crippen LogP contribution < -0.4 is 10.2 Å². The summed E-state index contributed by atoms with van der Waals surface area (Å²) in [5.41, 5.74) is 1.87. The zero-order valence-corrected chi connectivity index (χ0v) is 12.6. The third kappa shape index (κ3) is 2.80. The number of carbonyl (C=O) groups excluding carboxylic acids is 2. The smallest absolute Gasteiger partial charge is 0.253 e. The SMILES string of the molecule is O=C1NCC(=O)N(Cc2ccc(Br)cn2)c2ccccc21. The van der Waals surface area contributed by atoms with Crippen molar-refractivity contribution in [3.05, 3.63) is 58.3 Å². The van der Waals surface area contributed by atoms with Crippen LogP contribution in [0, 0.1) is 0 Å². The van der Waals surface area contributed by atoms with Gasteiger partial charge in [-0.1, -0.05) is 12.1 Å². The predicted molar refractivity (Wildman–Crippen MR) is 81.9 cm³/mol. The van der Waals surface area contributed by atoms with E-state index < -0.39 is 0 Å². The van der Waals surface area contributed by atoms with Gasteiger partial charge in [0.2, 0.25) is 5.91 Å². The van der Waals surface area contributed by atoms with Gasteiger partial charge in [-0.2, -0.15) is 0 Å². The second-order valence-electron chi connectivity index (χ2n) is 4.65. The minimum atomic E-state index is -0.231. The molecule has 0 radical (unpaired) electrons. The molecule has 1 aliphatic rings. The van der Waals surface area contributed by atoms with Crippen molar-refractivity contribution in [2.24, 2.45) is 0 Å². The van der Waals surface area contributed by atoms with Crippen LogP contribution in [0.4, 0.5) is 5.69 Å². The predicted octanol–water partition coefficient (Wildman–Crippen LogP) is 2.12. The number of amides is 2. The van der Waals surface area contributed by atoms with Crippen LogP contribution in [0.2, 0.25) is 0 Å². The van der Waals surface area contributed by atoms with E-state index in [4.69, 9.17) is 0 Å². The summed E-state index contributed by atoms with van der Waals surface area (Å²) in [6, 6.07) is 10.8. The topological polar surface area (TPSA) is 62.3 Å². The number of rotatable bonds is 2. The highest BCUT2D eigenvalue weighted by Crippen LogP contribution is 2.24. The normalized spacial score (nSPS) is 14.4. The number of anilines is 1. The van der Waals surface area contributed by atoms with Crippen LogP contribution in [0.3, 0.4) is 0 Å². The largest absolute Gasteiger partial charge is 0.343 e. The molecule has 0 bridgehead atoms. The van der Waals surface area contributed by atoms with Gasteiger partial charge in [0.15, 0.2) is 0 Å². The molecule has 0 saturated heterocycles. The molecule has 3 rings (SSSR count). The highest BCUT2D eigenvalue weighted by Gasteiger charge is 2.26. The van der Waals surface area contributed by atoms with E-state index in [0.717, 1.165) is 10.2 Å². The Hall–Kier alpha value is -2.21. The van der Waals surface area contributed by atoms with Crippen molar-refractivity contribution in [3.8, 4) is 0 Å². The summed E-state index contributed by atoms with van der Waals surface area (Å²) < 4.78 is 0.880. The number of hydrogen-bond acceptors (Lipinski definition) is 3. The first-order chi connectivity index (χ1) is 10.1. The highest BCUT2D eigenvalue weighted by molar-refractivity contribution is 9.10. The third-order valence-electron chi connectivity index (χ3n) is 3.25. The average molecular weight is 346 g/mol. The van der Waals surface area contributed by atoms with E-state index >= 15 is 0 Å². The lowest BCUT2D eigenvalue weighted by Gasteiger charge is -2.21. The van der Waals surface area contributed by atoms with Crippen molar-refractivity contribution in [2.45, 2.75) is 6.54 Å². The lowest BCUT2D eigenvalue weighted by Crippen LogP contribution is -2.36. The van der Waals surface area contributed by atoms with Crippen LogP contribution in [0.25, 0.3) is 0 Å². The van der Waals surface area contributed by atoms with E-state index in [2.05, 4.69) is 26.2 Å². The number of aromatic nitrogens is 1. The van der Waals surface area contributed by atoms with Crippen molar-refractivity contribution >= 4 is 33.4 Å². The van der Waals surface area contributed by atoms with Gasteiger partial charge in [-0.05, 0) is 40.2 Å². The number of para-hydroxylation sites is 1. The van der Waals surface area contributed by atoms with Gasteiger partial charge in [0.05, 0.1) is 30.0 Å². The van der Waals surface area contributed by atoms with Gasteiger partial charge in [0.25, 0.3) is 5.91 Å². The summed E-state index contributed by atoms with van der Waals surface area (Å²) in [5, 5.41) is 2.62. The van der Waals surface area contributed by atoms with Crippen molar-refractivity contribution < 1.29 is 9.59 Å². The van der Waals surface area contributed by atoms with E-state index in [-0.39, 0.29) is 18.4 Å². The fraction of sp³-hybridized carbons (Fsp3) is 0.133. The average Bonchev–Trinajstić information content (AvgIpc) is 2.62. The molecule has 21 heavy (non-hydrogen) atoms. The Morgan fingerprint density at radius 3 is 2.76 bits per heavy atom. The second kappa shape index (κ2) is 5.65. The fourth-order valence-corrected chi connectivity index (χ4v) is 2.45. The van der Waals surface area contributed by atoms with Gasteiger partial charge in [-0.15, -0.1) is 0 Å². The number of carbonyl (C=O) groups is 2. The van der Waals surface area contributed by atoms with Crippen LogP contribution >= 0.6 is 15.9 Å². The lowest BCUT2D eigenvalue weighted by atomic mass is 10.1. The number of fused-ring (bicyclic) bond motifs is 1. The maximum Gasteiger partial charge on any atom is 0.253 e. The molecule has 1 aromatic carbocycles. The third-order valence-corrected chi connectivity index (χ3v) is 3.72. The maximum absolute atomic E-state index is 12.3. The van der Waals surface area contributed by atoms with Crippen molar-refractivity contribution in [2.75, 3.05) is 11.4 Å². The number of halogens is 1. The Balaban J connectivity index is 1.99. The van der Waals surface area contributed by atoms with Crippen molar-refractivity contribution in [1.29, 1.82) is 0 Å². The van der Waals surface area contributed by atoms with Crippen molar-refractivity contribution in [3.63, 3.8) is 0 Å². The van der Waals surface area contributed by atoms with Gasteiger partial charge >= 0.3 is 0 Å². The summed E-state index contributed by atoms with van der Waals surface area (Å²) in [4.78, 5) is 30.1. The summed E-state index contributed by atoms with van der Waals surface area (Å²) >= 11 is 3.33. The van der Waals surface area contributed by atoms with E-state index in [1.807, 2.05) is 18.2 Å². The molecule has 2 amide bonds. The van der Waals surface area contributed by atoms with Crippen LogP contribution in [0.5, 0.6) is 0 Å².